The number of nitrogens with zero attached hydrogens (tertiary/aromatic N) is 4. The van der Waals surface area contributed by atoms with E-state index in [0.717, 1.165) is 56.2 Å². The zero-order valence-electron chi connectivity index (χ0n) is 20.3. The normalized spacial score (nSPS) is 22.0. The first-order chi connectivity index (χ1) is 17.5. The third kappa shape index (κ3) is 5.29. The molecule has 2 aromatic carbocycles. The van der Waals surface area contributed by atoms with Gasteiger partial charge in [-0.2, -0.15) is 0 Å². The van der Waals surface area contributed by atoms with Crippen molar-refractivity contribution in [1.29, 1.82) is 0 Å². The van der Waals surface area contributed by atoms with E-state index >= 15 is 0 Å². The van der Waals surface area contributed by atoms with Crippen molar-refractivity contribution in [1.82, 2.24) is 10.2 Å². The smallest absolute Gasteiger partial charge is 0.269 e. The molecular formula is C26H32FN5O4. The molecule has 1 amide bonds. The fraction of sp³-hybridized carbons (Fsp3) is 0.500. The lowest BCUT2D eigenvalue weighted by Crippen LogP contribution is -2.61. The molecule has 9 nitrogen and oxygen atoms in total. The topological polar surface area (TPSA) is 91.2 Å². The first kappa shape index (κ1) is 24.5. The number of hydrogen-bond acceptors (Lipinski definition) is 7. The lowest BCUT2D eigenvalue weighted by Gasteiger charge is -2.49. The van der Waals surface area contributed by atoms with Crippen molar-refractivity contribution in [3.63, 3.8) is 0 Å². The number of ether oxygens (including phenoxy) is 1. The number of morpholine rings is 1. The van der Waals surface area contributed by atoms with Gasteiger partial charge in [-0.05, 0) is 55.3 Å². The molecule has 3 aliphatic heterocycles. The summed E-state index contributed by atoms with van der Waals surface area (Å²) in [6.07, 6.45) is 1.31. The van der Waals surface area contributed by atoms with Crippen molar-refractivity contribution in [3.8, 4) is 0 Å². The van der Waals surface area contributed by atoms with Gasteiger partial charge >= 0.3 is 0 Å². The lowest BCUT2D eigenvalue weighted by molar-refractivity contribution is -0.384. The summed E-state index contributed by atoms with van der Waals surface area (Å²) in [7, 11) is 0. The minimum atomic E-state index is -0.389. The largest absolute Gasteiger partial charge is 0.379 e. The first-order valence-corrected chi connectivity index (χ1v) is 12.6. The number of carbonyl (C=O) groups is 1. The number of anilines is 2. The van der Waals surface area contributed by atoms with Gasteiger partial charge in [0.1, 0.15) is 5.82 Å². The van der Waals surface area contributed by atoms with E-state index in [-0.39, 0.29) is 34.3 Å². The molecule has 3 heterocycles. The predicted octanol–water partition coefficient (Wildman–Crippen LogP) is 2.44. The van der Waals surface area contributed by atoms with Gasteiger partial charge in [0, 0.05) is 62.8 Å². The Morgan fingerprint density at radius 3 is 2.64 bits per heavy atom. The maximum Gasteiger partial charge on any atom is 0.269 e. The molecule has 3 aliphatic rings. The van der Waals surface area contributed by atoms with Crippen LogP contribution in [0.25, 0.3) is 0 Å². The summed E-state index contributed by atoms with van der Waals surface area (Å²) in [6, 6.07) is 11.3. The summed E-state index contributed by atoms with van der Waals surface area (Å²) in [5.74, 6) is -0.642. The Balaban J connectivity index is 1.32. The average Bonchev–Trinajstić information content (AvgIpc) is 2.91. The molecule has 0 bridgehead atoms. The standard InChI is InChI=1S/C26H32FN5O4/c27-20-2-4-21(5-3-20)30-10-11-31-24-7-6-22(32(34)35)16-19(24)17-23(25(31)18-30)26(33)28-8-1-9-29-12-14-36-15-13-29/h2-7,16,23,25H,1,8-15,17-18H2,(H,28,33)/t23-,25+/m1/s1. The average molecular weight is 498 g/mol. The molecule has 0 saturated carbocycles. The fourth-order valence-corrected chi connectivity index (χ4v) is 5.58. The summed E-state index contributed by atoms with van der Waals surface area (Å²) in [4.78, 5) is 31.2. The Hall–Kier alpha value is -3.24. The molecule has 0 aromatic heterocycles. The van der Waals surface area contributed by atoms with Gasteiger partial charge in [0.2, 0.25) is 5.91 Å². The van der Waals surface area contributed by atoms with Crippen molar-refractivity contribution in [2.24, 2.45) is 5.92 Å². The summed E-state index contributed by atoms with van der Waals surface area (Å²) in [6.45, 7) is 6.85. The van der Waals surface area contributed by atoms with E-state index < -0.39 is 0 Å². The second-order valence-corrected chi connectivity index (χ2v) is 9.66. The molecule has 2 aromatic rings. The third-order valence-corrected chi connectivity index (χ3v) is 7.49. The van der Waals surface area contributed by atoms with Gasteiger partial charge < -0.3 is 19.9 Å². The van der Waals surface area contributed by atoms with Crippen LogP contribution in [0.1, 0.15) is 12.0 Å². The van der Waals surface area contributed by atoms with Gasteiger partial charge in [-0.25, -0.2) is 4.39 Å². The molecule has 2 saturated heterocycles. The number of fused-ring (bicyclic) bond motifs is 3. The maximum absolute atomic E-state index is 13.5. The Kier molecular flexibility index (Phi) is 7.33. The minimum absolute atomic E-state index is 0.0231. The molecule has 5 rings (SSSR count). The SMILES string of the molecule is O=C(NCCCN1CCOCC1)[C@@H]1Cc2cc([N+](=O)[O-])ccc2N2CCN(c3ccc(F)cc3)C[C@@H]12. The van der Waals surface area contributed by atoms with Gasteiger partial charge in [0.15, 0.2) is 0 Å². The van der Waals surface area contributed by atoms with Crippen LogP contribution in [0.5, 0.6) is 0 Å². The van der Waals surface area contributed by atoms with Crippen LogP contribution >= 0.6 is 0 Å². The van der Waals surface area contributed by atoms with Gasteiger partial charge in [0.05, 0.1) is 30.1 Å². The number of piperazine rings is 1. The molecule has 192 valence electrons. The highest BCUT2D eigenvalue weighted by Gasteiger charge is 2.42. The van der Waals surface area contributed by atoms with Crippen LogP contribution < -0.4 is 15.1 Å². The Bertz CT molecular complexity index is 1090. The second-order valence-electron chi connectivity index (χ2n) is 9.66. The van der Waals surface area contributed by atoms with E-state index in [2.05, 4.69) is 20.0 Å². The number of amides is 1. The lowest BCUT2D eigenvalue weighted by atomic mass is 9.83. The van der Waals surface area contributed by atoms with Crippen LogP contribution in [0.2, 0.25) is 0 Å². The third-order valence-electron chi connectivity index (χ3n) is 7.49. The van der Waals surface area contributed by atoms with Gasteiger partial charge in [0.25, 0.3) is 5.69 Å². The highest BCUT2D eigenvalue weighted by molar-refractivity contribution is 5.82. The summed E-state index contributed by atoms with van der Waals surface area (Å²) in [5, 5.41) is 14.5. The van der Waals surface area contributed by atoms with Crippen LogP contribution in [-0.2, 0) is 16.0 Å². The van der Waals surface area contributed by atoms with Crippen molar-refractivity contribution in [2.45, 2.75) is 18.9 Å². The number of nitro benzene ring substituents is 1. The van der Waals surface area contributed by atoms with E-state index in [4.69, 9.17) is 4.74 Å². The van der Waals surface area contributed by atoms with E-state index in [9.17, 15) is 19.3 Å². The molecule has 0 radical (unpaired) electrons. The van der Waals surface area contributed by atoms with Crippen molar-refractivity contribution < 1.29 is 18.8 Å². The molecule has 0 aliphatic carbocycles. The van der Waals surface area contributed by atoms with Gasteiger partial charge in [-0.15, -0.1) is 0 Å². The Morgan fingerprint density at radius 2 is 1.89 bits per heavy atom. The zero-order chi connectivity index (χ0) is 25.1. The molecule has 2 atom stereocenters. The zero-order valence-corrected chi connectivity index (χ0v) is 20.3. The van der Waals surface area contributed by atoms with Crippen molar-refractivity contribution >= 4 is 23.0 Å². The number of halogens is 1. The molecule has 1 N–H and O–H groups in total. The molecule has 10 heteroatoms. The monoisotopic (exact) mass is 497 g/mol. The minimum Gasteiger partial charge on any atom is -0.379 e. The number of nitrogens with one attached hydrogen (secondary N) is 1. The first-order valence-electron chi connectivity index (χ1n) is 12.6. The molecule has 0 spiro atoms. The molecule has 36 heavy (non-hydrogen) atoms. The van der Waals surface area contributed by atoms with Gasteiger partial charge in [-0.3, -0.25) is 19.8 Å². The summed E-state index contributed by atoms with van der Waals surface area (Å²) in [5.41, 5.74) is 2.77. The van der Waals surface area contributed by atoms with Crippen LogP contribution in [-0.4, -0.2) is 80.8 Å². The number of hydrogen-bond donors (Lipinski definition) is 1. The quantitative estimate of drug-likeness (QED) is 0.357. The highest BCUT2D eigenvalue weighted by atomic mass is 19.1. The Labute approximate surface area is 210 Å². The summed E-state index contributed by atoms with van der Waals surface area (Å²) >= 11 is 0. The van der Waals surface area contributed by atoms with Crippen molar-refractivity contribution in [3.05, 3.63) is 64.0 Å². The second kappa shape index (κ2) is 10.8. The number of carbonyl (C=O) groups excluding carboxylic acids is 1. The van der Waals surface area contributed by atoms with E-state index in [0.29, 0.717) is 32.6 Å². The van der Waals surface area contributed by atoms with Crippen LogP contribution in [0.15, 0.2) is 42.5 Å². The maximum atomic E-state index is 13.5. The van der Waals surface area contributed by atoms with Crippen molar-refractivity contribution in [2.75, 3.05) is 68.8 Å². The number of benzene rings is 2. The van der Waals surface area contributed by atoms with Crippen LogP contribution in [0.3, 0.4) is 0 Å². The highest BCUT2D eigenvalue weighted by Crippen LogP contribution is 2.38. The van der Waals surface area contributed by atoms with E-state index in [1.54, 1.807) is 18.2 Å². The Morgan fingerprint density at radius 1 is 1.11 bits per heavy atom. The number of non-ortho nitro benzene ring substituents is 1. The summed E-state index contributed by atoms with van der Waals surface area (Å²) < 4.78 is 18.9. The number of nitro groups is 1. The molecule has 0 unspecified atom stereocenters. The fourth-order valence-electron chi connectivity index (χ4n) is 5.58. The van der Waals surface area contributed by atoms with E-state index in [1.165, 1.54) is 18.2 Å². The molecular weight excluding hydrogens is 465 g/mol. The molecule has 2 fully saturated rings. The number of rotatable bonds is 7. The van der Waals surface area contributed by atoms with Crippen LogP contribution in [0, 0.1) is 21.8 Å². The van der Waals surface area contributed by atoms with Gasteiger partial charge in [-0.1, -0.05) is 0 Å². The van der Waals surface area contributed by atoms with Crippen LogP contribution in [0.4, 0.5) is 21.5 Å². The van der Waals surface area contributed by atoms with E-state index in [1.807, 2.05) is 6.07 Å². The predicted molar refractivity (Wildman–Crippen MR) is 135 cm³/mol.